The number of nitriles is 1. The quantitative estimate of drug-likeness (QED) is 0.919. The number of amides is 1. The van der Waals surface area contributed by atoms with Gasteiger partial charge in [-0.25, -0.2) is 0 Å². The van der Waals surface area contributed by atoms with Crippen molar-refractivity contribution in [1.29, 1.82) is 5.26 Å². The average Bonchev–Trinajstić information content (AvgIpc) is 2.97. The van der Waals surface area contributed by atoms with Gasteiger partial charge in [-0.15, -0.1) is 0 Å². The third-order valence-corrected chi connectivity index (χ3v) is 4.43. The van der Waals surface area contributed by atoms with Gasteiger partial charge in [-0.05, 0) is 57.7 Å². The fraction of sp³-hybridized carbons (Fsp3) is 0.421. The van der Waals surface area contributed by atoms with Crippen LogP contribution in [0.4, 0.5) is 5.82 Å². The van der Waals surface area contributed by atoms with E-state index in [0.29, 0.717) is 11.4 Å². The molecule has 1 N–H and O–H groups in total. The molecule has 0 unspecified atom stereocenters. The molecule has 24 heavy (non-hydrogen) atoms. The van der Waals surface area contributed by atoms with Gasteiger partial charge in [-0.3, -0.25) is 9.78 Å². The Labute approximate surface area is 142 Å². The van der Waals surface area contributed by atoms with Crippen LogP contribution in [0.15, 0.2) is 30.6 Å². The monoisotopic (exact) mass is 322 g/mol. The van der Waals surface area contributed by atoms with Gasteiger partial charge in [0.05, 0.1) is 17.2 Å². The number of fused-ring (bicyclic) bond motifs is 1. The lowest BCUT2D eigenvalue weighted by Gasteiger charge is -2.27. The van der Waals surface area contributed by atoms with Crippen LogP contribution in [0.1, 0.15) is 56.4 Å². The summed E-state index contributed by atoms with van der Waals surface area (Å²) in [6.45, 7) is 6.13. The summed E-state index contributed by atoms with van der Waals surface area (Å²) in [5, 5.41) is 12.2. The molecule has 0 spiro atoms. The molecule has 1 atom stereocenters. The highest BCUT2D eigenvalue weighted by Gasteiger charge is 2.29. The maximum Gasteiger partial charge on any atom is 0.234 e. The number of carbonyl (C=O) groups is 1. The van der Waals surface area contributed by atoms with Crippen molar-refractivity contribution in [2.45, 2.75) is 51.5 Å². The molecule has 0 saturated carbocycles. The number of anilines is 1. The Morgan fingerprint density at radius 1 is 1.46 bits per heavy atom. The minimum absolute atomic E-state index is 0.0530. The van der Waals surface area contributed by atoms with E-state index in [1.54, 1.807) is 18.5 Å². The zero-order valence-electron chi connectivity index (χ0n) is 14.3. The molecule has 124 valence electrons. The lowest BCUT2D eigenvalue weighted by molar-refractivity contribution is -0.118. The maximum absolute atomic E-state index is 12.9. The van der Waals surface area contributed by atoms with E-state index in [0.717, 1.165) is 30.5 Å². The smallest absolute Gasteiger partial charge is 0.234 e. The summed E-state index contributed by atoms with van der Waals surface area (Å²) in [5.74, 6) is 0.374. The first-order valence-corrected chi connectivity index (χ1v) is 8.28. The van der Waals surface area contributed by atoms with E-state index < -0.39 is 0 Å². The zero-order chi connectivity index (χ0) is 17.3. The fourth-order valence-corrected chi connectivity index (χ4v) is 3.25. The molecule has 3 rings (SSSR count). The number of carbonyl (C=O) groups excluding carboxylic acids is 1. The zero-order valence-corrected chi connectivity index (χ0v) is 14.3. The van der Waals surface area contributed by atoms with Gasteiger partial charge in [0.25, 0.3) is 0 Å². The van der Waals surface area contributed by atoms with Crippen molar-refractivity contribution in [3.8, 4) is 6.07 Å². The highest BCUT2D eigenvalue weighted by Crippen LogP contribution is 2.32. The van der Waals surface area contributed by atoms with Gasteiger partial charge in [0.2, 0.25) is 5.91 Å². The molecular formula is C19H22N4O. The molecule has 1 aliphatic carbocycles. The summed E-state index contributed by atoms with van der Waals surface area (Å²) in [5.41, 5.74) is 2.37. The third-order valence-electron chi connectivity index (χ3n) is 4.43. The van der Waals surface area contributed by atoms with Gasteiger partial charge in [0.1, 0.15) is 11.9 Å². The van der Waals surface area contributed by atoms with Gasteiger partial charge in [0, 0.05) is 17.9 Å². The number of aromatic nitrogens is 2. The lowest BCUT2D eigenvalue weighted by Crippen LogP contribution is -2.29. The molecular weight excluding hydrogens is 300 g/mol. The lowest BCUT2D eigenvalue weighted by atomic mass is 9.86. The number of nitrogens with zero attached hydrogens (tertiary/aromatic N) is 3. The number of pyridine rings is 1. The Morgan fingerprint density at radius 2 is 2.25 bits per heavy atom. The van der Waals surface area contributed by atoms with Crippen molar-refractivity contribution in [3.63, 3.8) is 0 Å². The molecule has 2 heterocycles. The van der Waals surface area contributed by atoms with Crippen LogP contribution in [0.5, 0.6) is 0 Å². The molecule has 0 radical (unpaired) electrons. The molecule has 0 aromatic carbocycles. The predicted molar refractivity (Wildman–Crippen MR) is 92.7 cm³/mol. The fourth-order valence-electron chi connectivity index (χ4n) is 3.25. The predicted octanol–water partition coefficient (Wildman–Crippen LogP) is 3.57. The molecule has 1 amide bonds. The highest BCUT2D eigenvalue weighted by atomic mass is 16.2. The van der Waals surface area contributed by atoms with Crippen molar-refractivity contribution in [2.24, 2.45) is 0 Å². The van der Waals surface area contributed by atoms with Crippen LogP contribution in [0.2, 0.25) is 0 Å². The van der Waals surface area contributed by atoms with E-state index in [-0.39, 0.29) is 17.4 Å². The van der Waals surface area contributed by atoms with Crippen molar-refractivity contribution in [2.75, 3.05) is 5.32 Å². The van der Waals surface area contributed by atoms with E-state index in [1.165, 1.54) is 0 Å². The Balaban J connectivity index is 1.89. The first kappa shape index (κ1) is 16.3. The summed E-state index contributed by atoms with van der Waals surface area (Å²) in [6, 6.07) is 7.84. The molecule has 1 aliphatic rings. The van der Waals surface area contributed by atoms with Gasteiger partial charge in [-0.1, -0.05) is 6.07 Å². The SMILES string of the molecule is CC(C)(C)n1cc(C#N)cc1NC(=O)[C@H]1CCCc2cccnc21. The Kier molecular flexibility index (Phi) is 4.15. The number of nitrogens with one attached hydrogen (secondary N) is 1. The Bertz CT molecular complexity index is 808. The Morgan fingerprint density at radius 3 is 2.96 bits per heavy atom. The van der Waals surface area contributed by atoms with Crippen molar-refractivity contribution in [1.82, 2.24) is 9.55 Å². The van der Waals surface area contributed by atoms with E-state index in [4.69, 9.17) is 5.26 Å². The molecule has 2 aromatic heterocycles. The van der Waals surface area contributed by atoms with Crippen LogP contribution in [0, 0.1) is 11.3 Å². The molecule has 0 fully saturated rings. The van der Waals surface area contributed by atoms with E-state index >= 15 is 0 Å². The summed E-state index contributed by atoms with van der Waals surface area (Å²) >= 11 is 0. The van der Waals surface area contributed by atoms with E-state index in [2.05, 4.69) is 16.4 Å². The van der Waals surface area contributed by atoms with Crippen LogP contribution in [0.3, 0.4) is 0 Å². The number of hydrogen-bond donors (Lipinski definition) is 1. The third kappa shape index (κ3) is 3.05. The second kappa shape index (κ2) is 6.12. The molecule has 0 bridgehead atoms. The summed E-state index contributed by atoms with van der Waals surface area (Å²) in [4.78, 5) is 17.3. The van der Waals surface area contributed by atoms with Crippen molar-refractivity contribution < 1.29 is 4.79 Å². The van der Waals surface area contributed by atoms with E-state index in [9.17, 15) is 4.79 Å². The van der Waals surface area contributed by atoms with Crippen LogP contribution < -0.4 is 5.32 Å². The van der Waals surface area contributed by atoms with Crippen molar-refractivity contribution >= 4 is 11.7 Å². The normalized spacial score (nSPS) is 17.0. The topological polar surface area (TPSA) is 70.7 Å². The summed E-state index contributed by atoms with van der Waals surface area (Å²) in [6.07, 6.45) is 6.29. The number of hydrogen-bond acceptors (Lipinski definition) is 3. The van der Waals surface area contributed by atoms with E-state index in [1.807, 2.05) is 37.5 Å². The van der Waals surface area contributed by atoms with Crippen LogP contribution in [-0.2, 0) is 16.8 Å². The highest BCUT2D eigenvalue weighted by molar-refractivity contribution is 5.95. The molecule has 5 heteroatoms. The van der Waals surface area contributed by atoms with Gasteiger partial charge >= 0.3 is 0 Å². The molecule has 5 nitrogen and oxygen atoms in total. The maximum atomic E-state index is 12.9. The average molecular weight is 322 g/mol. The van der Waals surface area contributed by atoms with Crippen molar-refractivity contribution in [3.05, 3.63) is 47.4 Å². The first-order chi connectivity index (χ1) is 11.4. The minimum Gasteiger partial charge on any atom is -0.328 e. The largest absolute Gasteiger partial charge is 0.328 e. The van der Waals surface area contributed by atoms with Gasteiger partial charge in [-0.2, -0.15) is 5.26 Å². The van der Waals surface area contributed by atoms with Crippen LogP contribution in [0.25, 0.3) is 0 Å². The molecule has 2 aromatic rings. The standard InChI is InChI=1S/C19H22N4O/c1-19(2,3)23-12-13(11-20)10-16(23)22-18(24)15-8-4-6-14-7-5-9-21-17(14)15/h5,7,9-10,12,15H,4,6,8H2,1-3H3,(H,22,24)/t15-/m0/s1. The minimum atomic E-state index is -0.233. The van der Waals surface area contributed by atoms with Gasteiger partial charge < -0.3 is 9.88 Å². The number of rotatable bonds is 2. The second-order valence-electron chi connectivity index (χ2n) is 7.25. The Hall–Kier alpha value is -2.61. The first-order valence-electron chi connectivity index (χ1n) is 8.28. The van der Waals surface area contributed by atoms with Gasteiger partial charge in [0.15, 0.2) is 0 Å². The van der Waals surface area contributed by atoms with Crippen LogP contribution in [-0.4, -0.2) is 15.5 Å². The number of aryl methyl sites for hydroxylation is 1. The summed E-state index contributed by atoms with van der Waals surface area (Å²) < 4.78 is 1.94. The molecule has 0 aliphatic heterocycles. The molecule has 0 saturated heterocycles. The summed E-state index contributed by atoms with van der Waals surface area (Å²) in [7, 11) is 0. The second-order valence-corrected chi connectivity index (χ2v) is 7.25. The van der Waals surface area contributed by atoms with Crippen LogP contribution >= 0.6 is 0 Å².